The van der Waals surface area contributed by atoms with E-state index in [-0.39, 0.29) is 99.3 Å². The summed E-state index contributed by atoms with van der Waals surface area (Å²) in [5.74, 6) is -2.28. The molecule has 6 amide bonds. The number of amides is 6. The maximum atomic E-state index is 16.6. The minimum atomic E-state index is -0.780. The highest BCUT2D eigenvalue weighted by Crippen LogP contribution is 2.59. The van der Waals surface area contributed by atoms with Crippen LogP contribution in [0.25, 0.3) is 43.1 Å². The van der Waals surface area contributed by atoms with Gasteiger partial charge in [-0.2, -0.15) is 0 Å². The number of benzene rings is 13. The zero-order valence-electron chi connectivity index (χ0n) is 74.2. The number of carbonyl (C=O) groups is 6. The molecule has 0 saturated heterocycles. The number of hydrogen-bond donors (Lipinski definition) is 0. The fraction of sp³-hybridized carbons (Fsp3) is 0.315. The van der Waals surface area contributed by atoms with Crippen LogP contribution in [0.5, 0.6) is 46.0 Å². The topological polar surface area (TPSA) is 152 Å². The molecule has 0 unspecified atom stereocenters. The van der Waals surface area contributed by atoms with Gasteiger partial charge in [-0.1, -0.05) is 260 Å². The van der Waals surface area contributed by atoms with E-state index in [1.165, 1.54) is 9.80 Å². The van der Waals surface area contributed by atoms with E-state index in [9.17, 15) is 0 Å². The van der Waals surface area contributed by atoms with Crippen LogP contribution in [0.3, 0.4) is 0 Å². The Balaban J connectivity index is 1.07. The summed E-state index contributed by atoms with van der Waals surface area (Å²) in [4.78, 5) is 103. The molecule has 0 atom stereocenters. The van der Waals surface area contributed by atoms with Gasteiger partial charge in [-0.15, -0.1) is 0 Å². The van der Waals surface area contributed by atoms with E-state index in [1.54, 1.807) is 72.8 Å². The summed E-state index contributed by atoms with van der Waals surface area (Å²) in [7, 11) is 0. The Hall–Kier alpha value is -12.4. The summed E-state index contributed by atoms with van der Waals surface area (Å²) < 4.78 is 30.2. The van der Waals surface area contributed by atoms with Crippen molar-refractivity contribution in [1.29, 1.82) is 0 Å². The Morgan fingerprint density at radius 2 is 0.443 bits per heavy atom. The second-order valence-corrected chi connectivity index (χ2v) is 40.9. The molecular weight excluding hydrogens is 1510 g/mol. The van der Waals surface area contributed by atoms with Crippen molar-refractivity contribution in [3.05, 3.63) is 287 Å². The van der Waals surface area contributed by atoms with Gasteiger partial charge in [0.2, 0.25) is 0 Å². The summed E-state index contributed by atoms with van der Waals surface area (Å²) in [6.45, 7) is 43.2. The molecule has 0 saturated carbocycles. The largest absolute Gasteiger partial charge is 0.457 e. The van der Waals surface area contributed by atoms with Crippen molar-refractivity contribution in [1.82, 2.24) is 9.80 Å². The van der Waals surface area contributed by atoms with Gasteiger partial charge in [0.05, 0.1) is 22.3 Å². The molecule has 624 valence electrons. The number of para-hydroxylation sites is 4. The molecule has 0 spiro atoms. The van der Waals surface area contributed by atoms with Gasteiger partial charge in [-0.05, 0) is 213 Å². The van der Waals surface area contributed by atoms with Gasteiger partial charge in [0.1, 0.15) is 59.1 Å². The van der Waals surface area contributed by atoms with Crippen LogP contribution in [-0.2, 0) is 31.2 Å². The summed E-state index contributed by atoms with van der Waals surface area (Å²) in [5, 5.41) is 2.30. The summed E-state index contributed by atoms with van der Waals surface area (Å²) in [6, 6.07) is 74.8. The molecule has 14 nitrogen and oxygen atoms in total. The van der Waals surface area contributed by atoms with Gasteiger partial charge in [-0.3, -0.25) is 48.4 Å². The molecule has 15 rings (SSSR count). The van der Waals surface area contributed by atoms with Crippen molar-refractivity contribution < 1.29 is 47.7 Å². The summed E-state index contributed by atoms with van der Waals surface area (Å²) in [6.07, 6.45) is 3.45. The second kappa shape index (κ2) is 31.5. The molecule has 0 bridgehead atoms. The average molecular weight is 1630 g/mol. The third-order valence-electron chi connectivity index (χ3n) is 23.6. The smallest absolute Gasteiger partial charge is 0.262 e. The molecule has 13 aromatic carbocycles. The lowest BCUT2D eigenvalue weighted by Gasteiger charge is -2.34. The van der Waals surface area contributed by atoms with Gasteiger partial charge in [0.25, 0.3) is 35.4 Å². The number of fused-ring (bicyclic) bond motifs is 2. The minimum absolute atomic E-state index is 0.0229. The van der Waals surface area contributed by atoms with E-state index in [1.807, 2.05) is 121 Å². The lowest BCUT2D eigenvalue weighted by atomic mass is 9.72. The first kappa shape index (κ1) is 84.6. The molecule has 13 aromatic rings. The Kier molecular flexibility index (Phi) is 21.9. The first-order valence-corrected chi connectivity index (χ1v) is 42.5. The normalized spacial score (nSPS) is 13.7. The number of imide groups is 2. The molecule has 122 heavy (non-hydrogen) atoms. The van der Waals surface area contributed by atoms with E-state index < -0.39 is 48.5 Å². The maximum absolute atomic E-state index is 16.6. The SMILES string of the molecule is CC(C)(C)CC(C)(C)c1ccc(Oc2cc3c4c(cc(Oc5ccc(C(C)(C)CC(C)(C)C)cc5)c5c6c(Oc7ccc(C(C)(C)CC(C)(C)C)cc7)cc7c8c(cc(Oc9ccc(C(C)(C)CC(C)(C)C)cc9)c(c2c45)c86)C(=O)N(CC(=O)N(c2ccccc2)c2ccccc2)C7=O)C(=O)N(CC(=O)N(c2ccccc2)c2ccccc2)C3=O)cc1. The average Bonchev–Trinajstić information content (AvgIpc) is 0.670. The zero-order valence-corrected chi connectivity index (χ0v) is 74.2. The van der Waals surface area contributed by atoms with Gasteiger partial charge < -0.3 is 18.9 Å². The molecular formula is C108H112N4O10. The van der Waals surface area contributed by atoms with Crippen LogP contribution < -0.4 is 28.7 Å². The Morgan fingerprint density at radius 3 is 0.623 bits per heavy atom. The minimum Gasteiger partial charge on any atom is -0.457 e. The number of carbonyl (C=O) groups excluding carboxylic acids is 6. The van der Waals surface area contributed by atoms with E-state index in [4.69, 9.17) is 18.9 Å². The predicted molar refractivity (Wildman–Crippen MR) is 493 cm³/mol. The highest BCUT2D eigenvalue weighted by Gasteiger charge is 2.45. The quantitative estimate of drug-likeness (QED) is 0.0325. The molecule has 2 heterocycles. The Labute approximate surface area is 718 Å². The first-order chi connectivity index (χ1) is 57.4. The molecule has 2 aliphatic rings. The van der Waals surface area contributed by atoms with E-state index in [2.05, 4.69) is 187 Å². The third kappa shape index (κ3) is 17.1. The van der Waals surface area contributed by atoms with Crippen molar-refractivity contribution in [3.8, 4) is 46.0 Å². The monoisotopic (exact) mass is 1620 g/mol. The molecule has 0 N–H and O–H groups in total. The number of ether oxygens (including phenoxy) is 4. The fourth-order valence-electron chi connectivity index (χ4n) is 19.9. The lowest BCUT2D eigenvalue weighted by Crippen LogP contribution is -2.46. The number of rotatable bonds is 24. The Bertz CT molecular complexity index is 5470. The van der Waals surface area contributed by atoms with Gasteiger partial charge >= 0.3 is 0 Å². The van der Waals surface area contributed by atoms with Crippen LogP contribution in [0.1, 0.15) is 228 Å². The fourth-order valence-corrected chi connectivity index (χ4v) is 19.9. The van der Waals surface area contributed by atoms with Crippen molar-refractivity contribution in [2.24, 2.45) is 21.7 Å². The maximum Gasteiger partial charge on any atom is 0.262 e. The Morgan fingerprint density at radius 1 is 0.254 bits per heavy atom. The second-order valence-electron chi connectivity index (χ2n) is 40.9. The summed E-state index contributed by atoms with van der Waals surface area (Å²) >= 11 is 0. The van der Waals surface area contributed by atoms with E-state index >= 15 is 28.8 Å². The van der Waals surface area contributed by atoms with Crippen LogP contribution >= 0.6 is 0 Å². The lowest BCUT2D eigenvalue weighted by molar-refractivity contribution is -0.119. The van der Waals surface area contributed by atoms with Crippen molar-refractivity contribution in [2.45, 2.75) is 186 Å². The van der Waals surface area contributed by atoms with E-state index in [0.717, 1.165) is 57.7 Å². The molecule has 14 heteroatoms. The van der Waals surface area contributed by atoms with Crippen molar-refractivity contribution in [2.75, 3.05) is 22.9 Å². The third-order valence-corrected chi connectivity index (χ3v) is 23.6. The van der Waals surface area contributed by atoms with Crippen molar-refractivity contribution >= 4 is 101 Å². The van der Waals surface area contributed by atoms with Crippen LogP contribution in [0.15, 0.2) is 243 Å². The van der Waals surface area contributed by atoms with E-state index in [0.29, 0.717) is 78.1 Å². The highest BCUT2D eigenvalue weighted by molar-refractivity contribution is 6.45. The van der Waals surface area contributed by atoms with Gasteiger partial charge in [0, 0.05) is 65.8 Å². The van der Waals surface area contributed by atoms with Crippen LogP contribution in [-0.4, -0.2) is 58.3 Å². The number of anilines is 4. The van der Waals surface area contributed by atoms with Crippen LogP contribution in [0.4, 0.5) is 22.7 Å². The standard InChI is InChI=1S/C108H112N4O10/c1-101(2,3)63-105(13,14)67-41-49-75(50-42-67)119-83-57-79-89-80(98(116)109(97(79)115)61-87(113)111(71-33-25-21-26-34-71)72-35-27-22-28-36-72)59-85(121-77-53-45-69(46-54-77)107(17,18)65-103(7,8)9)93-94-86(122-78-55-47-70(48-56-78)108(19,20)66-104(10,11)12)60-82-90-81(99(117)110(100(82)118)62-88(114)112(73-37-29-23-30-38-73)74-39-31-24-32-40-74)58-84(92(96(90)94)91(83)95(89)93)120-76-51-43-68(44-52-76)106(15,16)64-102(4,5)6/h21-60H,61-66H2,1-20H3. The van der Waals surface area contributed by atoms with Crippen molar-refractivity contribution in [3.63, 3.8) is 0 Å². The molecule has 0 aliphatic carbocycles. The number of nitrogens with zero attached hydrogens (tertiary/aromatic N) is 4. The first-order valence-electron chi connectivity index (χ1n) is 42.5. The summed E-state index contributed by atoms with van der Waals surface area (Å²) in [5.41, 5.74) is 5.21. The van der Waals surface area contributed by atoms with Crippen LogP contribution in [0, 0.1) is 21.7 Å². The number of hydrogen-bond acceptors (Lipinski definition) is 10. The van der Waals surface area contributed by atoms with Crippen LogP contribution in [0.2, 0.25) is 0 Å². The molecule has 2 aliphatic heterocycles. The highest BCUT2D eigenvalue weighted by atomic mass is 16.5. The zero-order chi connectivity index (χ0) is 87.3. The predicted octanol–water partition coefficient (Wildman–Crippen LogP) is 27.7. The van der Waals surface area contributed by atoms with Gasteiger partial charge in [0.15, 0.2) is 0 Å². The molecule has 0 fully saturated rings. The molecule has 0 aromatic heterocycles. The van der Waals surface area contributed by atoms with Gasteiger partial charge in [-0.25, -0.2) is 0 Å². The molecule has 0 radical (unpaired) electrons.